The van der Waals surface area contributed by atoms with E-state index >= 15 is 0 Å². The van der Waals surface area contributed by atoms with E-state index < -0.39 is 5.91 Å². The third-order valence-electron chi connectivity index (χ3n) is 4.40. The van der Waals surface area contributed by atoms with Crippen LogP contribution in [-0.2, 0) is 10.8 Å². The van der Waals surface area contributed by atoms with Crippen LogP contribution in [0.15, 0.2) is 35.4 Å². The summed E-state index contributed by atoms with van der Waals surface area (Å²) in [7, 11) is 0. The number of carbonyl (C=O) groups excluding carboxylic acids is 1. The fourth-order valence-electron chi connectivity index (χ4n) is 2.79. The number of hydrogen-bond donors (Lipinski definition) is 4. The van der Waals surface area contributed by atoms with Gasteiger partial charge >= 0.3 is 0 Å². The number of nitrogens with zero attached hydrogens (tertiary/aromatic N) is 1. The molecule has 0 bridgehead atoms. The van der Waals surface area contributed by atoms with Crippen molar-refractivity contribution in [1.82, 2.24) is 5.43 Å². The average molecular weight is 384 g/mol. The molecule has 0 radical (unpaired) electrons. The summed E-state index contributed by atoms with van der Waals surface area (Å²) in [6.45, 7) is 11.8. The number of hydrogen-bond acceptors (Lipinski definition) is 5. The first kappa shape index (κ1) is 21.3. The predicted octanol–water partition coefficient (Wildman–Crippen LogP) is 4.16. The highest BCUT2D eigenvalue weighted by atomic mass is 16.3. The van der Waals surface area contributed by atoms with Gasteiger partial charge in [-0.05, 0) is 35.1 Å². The largest absolute Gasteiger partial charge is 0.507 e. The number of rotatable bonds is 3. The number of aromatic hydroxyl groups is 3. The smallest absolute Gasteiger partial charge is 0.271 e. The lowest BCUT2D eigenvalue weighted by atomic mass is 9.78. The molecule has 28 heavy (non-hydrogen) atoms. The molecule has 2 aromatic rings. The summed E-state index contributed by atoms with van der Waals surface area (Å²) in [5.74, 6) is -0.815. The van der Waals surface area contributed by atoms with E-state index in [-0.39, 0.29) is 33.6 Å². The molecule has 2 rings (SSSR count). The maximum atomic E-state index is 12.6. The molecule has 0 spiro atoms. The number of phenols is 3. The average Bonchev–Trinajstić information content (AvgIpc) is 2.56. The highest BCUT2D eigenvalue weighted by Crippen LogP contribution is 2.39. The fraction of sp³-hybridized carbons (Fsp3) is 0.364. The monoisotopic (exact) mass is 384 g/mol. The van der Waals surface area contributed by atoms with E-state index in [1.807, 2.05) is 41.5 Å². The zero-order valence-corrected chi connectivity index (χ0v) is 17.2. The molecular formula is C22H28N2O4. The summed E-state index contributed by atoms with van der Waals surface area (Å²) < 4.78 is 0. The quantitative estimate of drug-likeness (QED) is 0.362. The van der Waals surface area contributed by atoms with Crippen LogP contribution >= 0.6 is 0 Å². The van der Waals surface area contributed by atoms with Gasteiger partial charge in [-0.2, -0.15) is 5.10 Å². The molecule has 2 aromatic carbocycles. The van der Waals surface area contributed by atoms with E-state index in [0.717, 1.165) is 0 Å². The minimum Gasteiger partial charge on any atom is -0.507 e. The van der Waals surface area contributed by atoms with Crippen molar-refractivity contribution in [1.29, 1.82) is 0 Å². The summed E-state index contributed by atoms with van der Waals surface area (Å²) in [5, 5.41) is 33.9. The topological polar surface area (TPSA) is 102 Å². The molecule has 6 nitrogen and oxygen atoms in total. The Morgan fingerprint density at radius 3 is 1.96 bits per heavy atom. The van der Waals surface area contributed by atoms with Crippen molar-refractivity contribution >= 4 is 12.1 Å². The van der Waals surface area contributed by atoms with E-state index in [9.17, 15) is 20.1 Å². The molecule has 0 unspecified atom stereocenters. The molecule has 0 aliphatic carbocycles. The van der Waals surface area contributed by atoms with Gasteiger partial charge in [0.05, 0.1) is 6.21 Å². The van der Waals surface area contributed by atoms with Crippen LogP contribution in [0.5, 0.6) is 17.2 Å². The first-order valence-electron chi connectivity index (χ1n) is 9.04. The number of amides is 1. The van der Waals surface area contributed by atoms with Gasteiger partial charge in [-0.15, -0.1) is 0 Å². The molecule has 0 saturated carbocycles. The van der Waals surface area contributed by atoms with Crippen LogP contribution in [0.4, 0.5) is 0 Å². The molecular weight excluding hydrogens is 356 g/mol. The Morgan fingerprint density at radius 2 is 1.46 bits per heavy atom. The molecule has 150 valence electrons. The maximum Gasteiger partial charge on any atom is 0.271 e. The Hall–Kier alpha value is -3.02. The van der Waals surface area contributed by atoms with E-state index in [1.54, 1.807) is 24.3 Å². The second kappa shape index (κ2) is 7.54. The van der Waals surface area contributed by atoms with Crippen LogP contribution in [-0.4, -0.2) is 27.4 Å². The lowest BCUT2D eigenvalue weighted by molar-refractivity contribution is 0.0955. The maximum absolute atomic E-state index is 12.6. The van der Waals surface area contributed by atoms with Gasteiger partial charge in [0, 0.05) is 22.3 Å². The van der Waals surface area contributed by atoms with Crippen molar-refractivity contribution in [2.75, 3.05) is 0 Å². The number of nitrogens with one attached hydrogen (secondary N) is 1. The van der Waals surface area contributed by atoms with E-state index in [1.165, 1.54) is 12.3 Å². The van der Waals surface area contributed by atoms with Crippen LogP contribution in [0.2, 0.25) is 0 Å². The van der Waals surface area contributed by atoms with Crippen LogP contribution < -0.4 is 5.43 Å². The molecule has 0 aromatic heterocycles. The Labute approximate surface area is 165 Å². The van der Waals surface area contributed by atoms with Crippen LogP contribution in [0.3, 0.4) is 0 Å². The second-order valence-corrected chi connectivity index (χ2v) is 8.83. The zero-order valence-electron chi connectivity index (χ0n) is 17.2. The van der Waals surface area contributed by atoms with Crippen molar-refractivity contribution in [2.45, 2.75) is 52.4 Å². The lowest BCUT2D eigenvalue weighted by Gasteiger charge is -2.28. The number of para-hydroxylation sites is 1. The Morgan fingerprint density at radius 1 is 0.929 bits per heavy atom. The predicted molar refractivity (Wildman–Crippen MR) is 110 cm³/mol. The van der Waals surface area contributed by atoms with Gasteiger partial charge in [0.25, 0.3) is 5.91 Å². The summed E-state index contributed by atoms with van der Waals surface area (Å²) in [6, 6.07) is 7.80. The van der Waals surface area contributed by atoms with Gasteiger partial charge < -0.3 is 15.3 Å². The van der Waals surface area contributed by atoms with Gasteiger partial charge in [0.1, 0.15) is 5.75 Å². The third kappa shape index (κ3) is 4.63. The molecule has 0 saturated heterocycles. The van der Waals surface area contributed by atoms with Crippen molar-refractivity contribution in [2.24, 2.45) is 5.10 Å². The first-order chi connectivity index (χ1) is 12.8. The highest BCUT2D eigenvalue weighted by molar-refractivity contribution is 5.96. The third-order valence-corrected chi connectivity index (χ3v) is 4.40. The van der Waals surface area contributed by atoms with Crippen LogP contribution in [0, 0.1) is 0 Å². The highest BCUT2D eigenvalue weighted by Gasteiger charge is 2.27. The van der Waals surface area contributed by atoms with E-state index in [4.69, 9.17) is 0 Å². The van der Waals surface area contributed by atoms with Crippen molar-refractivity contribution in [3.8, 4) is 17.2 Å². The Bertz CT molecular complexity index is 884. The van der Waals surface area contributed by atoms with Crippen molar-refractivity contribution in [3.63, 3.8) is 0 Å². The number of carbonyl (C=O) groups is 1. The summed E-state index contributed by atoms with van der Waals surface area (Å²) in [4.78, 5) is 12.6. The van der Waals surface area contributed by atoms with Gasteiger partial charge in [0.15, 0.2) is 11.5 Å². The minimum absolute atomic E-state index is 0.199. The van der Waals surface area contributed by atoms with Crippen LogP contribution in [0.1, 0.15) is 68.6 Å². The Kier molecular flexibility index (Phi) is 5.73. The molecule has 0 aliphatic rings. The molecule has 6 heteroatoms. The standard InChI is InChI=1S/C22H28N2O4/c1-21(2,3)15-10-14(11-16(19(15)27)22(4,5)6)20(28)24-23-12-13-8-7-9-17(25)18(13)26/h7-12,25-27H,1-6H3,(H,24,28). The molecule has 1 amide bonds. The number of hydrazone groups is 1. The SMILES string of the molecule is CC(C)(C)c1cc(C(=O)NN=Cc2cccc(O)c2O)cc(C(C)(C)C)c1O. The summed E-state index contributed by atoms with van der Waals surface area (Å²) in [6.07, 6.45) is 1.25. The van der Waals surface area contributed by atoms with E-state index in [0.29, 0.717) is 16.7 Å². The summed E-state index contributed by atoms with van der Waals surface area (Å²) >= 11 is 0. The molecule has 0 heterocycles. The zero-order chi connectivity index (χ0) is 21.3. The lowest BCUT2D eigenvalue weighted by Crippen LogP contribution is -2.22. The minimum atomic E-state index is -0.438. The first-order valence-corrected chi connectivity index (χ1v) is 9.04. The van der Waals surface area contributed by atoms with Crippen molar-refractivity contribution in [3.05, 3.63) is 52.6 Å². The molecule has 0 fully saturated rings. The van der Waals surface area contributed by atoms with Crippen molar-refractivity contribution < 1.29 is 20.1 Å². The van der Waals surface area contributed by atoms with Gasteiger partial charge in [-0.3, -0.25) is 4.79 Å². The van der Waals surface area contributed by atoms with Crippen LogP contribution in [0.25, 0.3) is 0 Å². The Balaban J connectivity index is 2.37. The molecule has 0 atom stereocenters. The molecule has 4 N–H and O–H groups in total. The van der Waals surface area contributed by atoms with Gasteiger partial charge in [0.2, 0.25) is 0 Å². The number of benzene rings is 2. The summed E-state index contributed by atoms with van der Waals surface area (Å²) in [5.41, 5.74) is 3.74. The van der Waals surface area contributed by atoms with E-state index in [2.05, 4.69) is 10.5 Å². The van der Waals surface area contributed by atoms with Gasteiger partial charge in [-0.1, -0.05) is 47.6 Å². The normalized spacial score (nSPS) is 12.4. The number of phenolic OH excluding ortho intramolecular Hbond substituents is 3. The fourth-order valence-corrected chi connectivity index (χ4v) is 2.79. The second-order valence-electron chi connectivity index (χ2n) is 8.83. The molecule has 0 aliphatic heterocycles. The van der Waals surface area contributed by atoms with Gasteiger partial charge in [-0.25, -0.2) is 5.43 Å².